The van der Waals surface area contributed by atoms with Crippen molar-refractivity contribution in [3.8, 4) is 0 Å². The molecule has 0 spiro atoms. The van der Waals surface area contributed by atoms with Gasteiger partial charge in [0.15, 0.2) is 0 Å². The van der Waals surface area contributed by atoms with Gasteiger partial charge in [-0.3, -0.25) is 10.1 Å². The van der Waals surface area contributed by atoms with Crippen molar-refractivity contribution < 1.29 is 9.31 Å². The zero-order chi connectivity index (χ0) is 18.7. The van der Waals surface area contributed by atoms with E-state index in [4.69, 9.17) is 0 Å². The molecule has 3 aromatic rings. The van der Waals surface area contributed by atoms with Gasteiger partial charge < -0.3 is 10.6 Å². The van der Waals surface area contributed by atoms with E-state index in [0.717, 1.165) is 11.1 Å². The zero-order valence-electron chi connectivity index (χ0n) is 14.2. The molecular weight excluding hydrogens is 337 g/mol. The number of aryl methyl sites for hydroxylation is 2. The summed E-state index contributed by atoms with van der Waals surface area (Å²) >= 11 is 0. The highest BCUT2D eigenvalue weighted by Crippen LogP contribution is 2.33. The molecule has 2 aromatic carbocycles. The molecule has 0 aliphatic rings. The largest absolute Gasteiger partial charge is 0.353 e. The Labute approximate surface area is 149 Å². The van der Waals surface area contributed by atoms with E-state index >= 15 is 0 Å². The predicted octanol–water partition coefficient (Wildman–Crippen LogP) is 4.63. The van der Waals surface area contributed by atoms with Crippen molar-refractivity contribution in [1.29, 1.82) is 0 Å². The van der Waals surface area contributed by atoms with Crippen LogP contribution < -0.4 is 10.6 Å². The second-order valence-corrected chi connectivity index (χ2v) is 5.75. The summed E-state index contributed by atoms with van der Waals surface area (Å²) in [5, 5.41) is 17.4. The topological polar surface area (TPSA) is 93.0 Å². The van der Waals surface area contributed by atoms with Crippen molar-refractivity contribution in [2.45, 2.75) is 13.8 Å². The maximum absolute atomic E-state index is 13.0. The van der Waals surface area contributed by atoms with Crippen molar-refractivity contribution in [2.24, 2.45) is 0 Å². The molecule has 0 amide bonds. The first-order valence-electron chi connectivity index (χ1n) is 7.80. The van der Waals surface area contributed by atoms with E-state index in [0.29, 0.717) is 11.4 Å². The third kappa shape index (κ3) is 3.75. The van der Waals surface area contributed by atoms with E-state index in [9.17, 15) is 14.5 Å². The Morgan fingerprint density at radius 3 is 2.27 bits per heavy atom. The Hall–Kier alpha value is -3.55. The standard InChI is InChI=1S/C18H16FN5O2/c1-11-3-8-15(12(2)9-11)23-18-16(24(25)26)17(20-10-21-18)22-14-6-4-13(19)5-7-14/h3-10H,1-2H3,(H2,20,21,22,23). The third-order valence-corrected chi connectivity index (χ3v) is 3.75. The van der Waals surface area contributed by atoms with E-state index in [-0.39, 0.29) is 17.3 Å². The summed E-state index contributed by atoms with van der Waals surface area (Å²) in [6.45, 7) is 3.87. The quantitative estimate of drug-likeness (QED) is 0.513. The summed E-state index contributed by atoms with van der Waals surface area (Å²) in [7, 11) is 0. The summed E-state index contributed by atoms with van der Waals surface area (Å²) in [5.74, 6) is -0.310. The number of anilines is 4. The number of aromatic nitrogens is 2. The molecule has 0 aliphatic heterocycles. The Kier molecular flexibility index (Phi) is 4.74. The number of hydrogen-bond donors (Lipinski definition) is 2. The SMILES string of the molecule is Cc1ccc(Nc2ncnc(Nc3ccc(F)cc3)c2[N+](=O)[O-])c(C)c1. The molecule has 0 saturated carbocycles. The van der Waals surface area contributed by atoms with E-state index in [1.54, 1.807) is 0 Å². The van der Waals surface area contributed by atoms with Gasteiger partial charge in [0.05, 0.1) is 4.92 Å². The highest BCUT2D eigenvalue weighted by Gasteiger charge is 2.23. The molecule has 8 heteroatoms. The molecule has 0 saturated heterocycles. The molecule has 0 bridgehead atoms. The molecule has 1 aromatic heterocycles. The van der Waals surface area contributed by atoms with E-state index in [2.05, 4.69) is 20.6 Å². The summed E-state index contributed by atoms with van der Waals surface area (Å²) in [6, 6.07) is 11.2. The molecule has 2 N–H and O–H groups in total. The van der Waals surface area contributed by atoms with Gasteiger partial charge in [-0.25, -0.2) is 14.4 Å². The number of benzene rings is 2. The fraction of sp³-hybridized carbons (Fsp3) is 0.111. The van der Waals surface area contributed by atoms with Crippen LogP contribution in [0.3, 0.4) is 0 Å². The van der Waals surface area contributed by atoms with Crippen LogP contribution in [0.4, 0.5) is 33.1 Å². The molecule has 0 fully saturated rings. The monoisotopic (exact) mass is 353 g/mol. The van der Waals surface area contributed by atoms with Gasteiger partial charge in [-0.1, -0.05) is 17.7 Å². The molecule has 26 heavy (non-hydrogen) atoms. The predicted molar refractivity (Wildman–Crippen MR) is 97.6 cm³/mol. The van der Waals surface area contributed by atoms with Crippen LogP contribution in [-0.2, 0) is 0 Å². The van der Waals surface area contributed by atoms with E-state index in [1.165, 1.54) is 30.6 Å². The lowest BCUT2D eigenvalue weighted by Crippen LogP contribution is -2.06. The van der Waals surface area contributed by atoms with Crippen molar-refractivity contribution in [2.75, 3.05) is 10.6 Å². The summed E-state index contributed by atoms with van der Waals surface area (Å²) in [4.78, 5) is 19.0. The number of nitrogens with zero attached hydrogens (tertiary/aromatic N) is 3. The van der Waals surface area contributed by atoms with Crippen LogP contribution in [-0.4, -0.2) is 14.9 Å². The lowest BCUT2D eigenvalue weighted by Gasteiger charge is -2.12. The fourth-order valence-electron chi connectivity index (χ4n) is 2.49. The van der Waals surface area contributed by atoms with Crippen molar-refractivity contribution in [3.05, 3.63) is 75.9 Å². The van der Waals surface area contributed by atoms with Gasteiger partial charge in [0, 0.05) is 11.4 Å². The summed E-state index contributed by atoms with van der Waals surface area (Å²) in [5.41, 5.74) is 2.92. The van der Waals surface area contributed by atoms with Gasteiger partial charge in [0.2, 0.25) is 11.6 Å². The zero-order valence-corrected chi connectivity index (χ0v) is 14.2. The average molecular weight is 353 g/mol. The van der Waals surface area contributed by atoms with Crippen LogP contribution in [0.15, 0.2) is 48.8 Å². The van der Waals surface area contributed by atoms with Gasteiger partial charge in [0.25, 0.3) is 0 Å². The van der Waals surface area contributed by atoms with Crippen LogP contribution in [0.25, 0.3) is 0 Å². The minimum absolute atomic E-state index is 0.0175. The van der Waals surface area contributed by atoms with Gasteiger partial charge in [0.1, 0.15) is 12.1 Å². The Morgan fingerprint density at radius 1 is 1.00 bits per heavy atom. The first-order chi connectivity index (χ1) is 12.4. The number of nitrogens with one attached hydrogen (secondary N) is 2. The minimum atomic E-state index is -0.558. The molecule has 1 heterocycles. The lowest BCUT2D eigenvalue weighted by atomic mass is 10.1. The second-order valence-electron chi connectivity index (χ2n) is 5.75. The Morgan fingerprint density at radius 2 is 1.65 bits per heavy atom. The summed E-state index contributed by atoms with van der Waals surface area (Å²) in [6.07, 6.45) is 1.23. The Balaban J connectivity index is 1.98. The normalized spacial score (nSPS) is 10.4. The molecular formula is C18H16FN5O2. The smallest absolute Gasteiger partial charge is 0.334 e. The highest BCUT2D eigenvalue weighted by atomic mass is 19.1. The minimum Gasteiger partial charge on any atom is -0.334 e. The second kappa shape index (κ2) is 7.14. The molecule has 0 radical (unpaired) electrons. The van der Waals surface area contributed by atoms with E-state index < -0.39 is 10.7 Å². The molecule has 3 rings (SSSR count). The maximum Gasteiger partial charge on any atom is 0.353 e. The maximum atomic E-state index is 13.0. The number of hydrogen-bond acceptors (Lipinski definition) is 6. The first-order valence-corrected chi connectivity index (χ1v) is 7.80. The van der Waals surface area contributed by atoms with Crippen LogP contribution >= 0.6 is 0 Å². The van der Waals surface area contributed by atoms with Gasteiger partial charge in [-0.15, -0.1) is 0 Å². The van der Waals surface area contributed by atoms with Crippen LogP contribution in [0, 0.1) is 29.8 Å². The fourth-order valence-corrected chi connectivity index (χ4v) is 2.49. The third-order valence-electron chi connectivity index (χ3n) is 3.75. The van der Waals surface area contributed by atoms with Gasteiger partial charge >= 0.3 is 5.69 Å². The van der Waals surface area contributed by atoms with Crippen molar-refractivity contribution >= 4 is 28.7 Å². The van der Waals surface area contributed by atoms with Gasteiger partial charge in [-0.2, -0.15) is 0 Å². The highest BCUT2D eigenvalue weighted by molar-refractivity contribution is 5.77. The molecule has 132 valence electrons. The van der Waals surface area contributed by atoms with E-state index in [1.807, 2.05) is 32.0 Å². The van der Waals surface area contributed by atoms with Crippen LogP contribution in [0.2, 0.25) is 0 Å². The van der Waals surface area contributed by atoms with Crippen molar-refractivity contribution in [1.82, 2.24) is 9.97 Å². The molecule has 0 unspecified atom stereocenters. The molecule has 7 nitrogen and oxygen atoms in total. The van der Waals surface area contributed by atoms with Crippen LogP contribution in [0.1, 0.15) is 11.1 Å². The molecule has 0 aliphatic carbocycles. The summed E-state index contributed by atoms with van der Waals surface area (Å²) < 4.78 is 13.0. The first kappa shape index (κ1) is 17.3. The Bertz CT molecular complexity index is 960. The number of halogens is 1. The van der Waals surface area contributed by atoms with Crippen LogP contribution in [0.5, 0.6) is 0 Å². The van der Waals surface area contributed by atoms with Crippen molar-refractivity contribution in [3.63, 3.8) is 0 Å². The molecule has 0 atom stereocenters. The lowest BCUT2D eigenvalue weighted by molar-refractivity contribution is -0.383. The average Bonchev–Trinajstić information content (AvgIpc) is 2.59. The number of rotatable bonds is 5. The van der Waals surface area contributed by atoms with Gasteiger partial charge in [-0.05, 0) is 49.7 Å². The number of nitro groups is 1.